The van der Waals surface area contributed by atoms with Gasteiger partial charge in [0.15, 0.2) is 0 Å². The summed E-state index contributed by atoms with van der Waals surface area (Å²) < 4.78 is 36.9. The summed E-state index contributed by atoms with van der Waals surface area (Å²) in [7, 11) is -2.27. The van der Waals surface area contributed by atoms with Crippen molar-refractivity contribution in [3.8, 4) is 5.75 Å². The predicted molar refractivity (Wildman–Crippen MR) is 42.9 cm³/mol. The minimum atomic E-state index is -4.82. The highest BCUT2D eigenvalue weighted by Gasteiger charge is 2.38. The zero-order chi connectivity index (χ0) is 10.9. The Labute approximate surface area is 77.6 Å². The molecule has 0 saturated heterocycles. The zero-order valence-corrected chi connectivity index (χ0v) is 6.78. The van der Waals surface area contributed by atoms with Gasteiger partial charge in [0.25, 0.3) is 0 Å². The summed E-state index contributed by atoms with van der Waals surface area (Å²) in [5.41, 5.74) is -2.19. The van der Waals surface area contributed by atoms with E-state index in [1.165, 1.54) is 0 Å². The van der Waals surface area contributed by atoms with Crippen molar-refractivity contribution < 1.29 is 28.3 Å². The quantitative estimate of drug-likeness (QED) is 0.570. The summed E-state index contributed by atoms with van der Waals surface area (Å²) in [6, 6.07) is 2.81. The Balaban J connectivity index is 3.38. The molecule has 0 amide bonds. The second-order valence-corrected chi connectivity index (χ2v) is 2.61. The number of halogens is 3. The van der Waals surface area contributed by atoms with Crippen molar-refractivity contribution in [2.24, 2.45) is 0 Å². The lowest BCUT2D eigenvalue weighted by Crippen LogP contribution is -2.36. The number of aromatic hydroxyl groups is 1. The topological polar surface area (TPSA) is 60.7 Å². The van der Waals surface area contributed by atoms with Gasteiger partial charge in [-0.05, 0) is 11.5 Å². The molecule has 0 aromatic heterocycles. The lowest BCUT2D eigenvalue weighted by molar-refractivity contribution is -0.138. The van der Waals surface area contributed by atoms with Gasteiger partial charge in [-0.1, -0.05) is 12.1 Å². The molecule has 1 aromatic carbocycles. The minimum absolute atomic E-state index is 0.766. The van der Waals surface area contributed by atoms with Crippen LogP contribution in [-0.4, -0.2) is 22.3 Å². The monoisotopic (exact) mass is 206 g/mol. The average molecular weight is 206 g/mol. The van der Waals surface area contributed by atoms with Crippen LogP contribution in [0.3, 0.4) is 0 Å². The SMILES string of the molecule is OB(O)c1cccc(O)c1C(F)(F)F. The fourth-order valence-corrected chi connectivity index (χ4v) is 1.08. The number of rotatable bonds is 1. The van der Waals surface area contributed by atoms with E-state index in [-0.39, 0.29) is 0 Å². The average Bonchev–Trinajstić information content (AvgIpc) is 2.01. The molecule has 0 fully saturated rings. The number of hydrogen-bond acceptors (Lipinski definition) is 3. The molecule has 7 heteroatoms. The molecule has 0 bridgehead atoms. The highest BCUT2D eigenvalue weighted by Crippen LogP contribution is 2.33. The van der Waals surface area contributed by atoms with Gasteiger partial charge >= 0.3 is 13.3 Å². The summed E-state index contributed by atoms with van der Waals surface area (Å²) in [5, 5.41) is 26.2. The van der Waals surface area contributed by atoms with Gasteiger partial charge in [0.1, 0.15) is 5.75 Å². The fourth-order valence-electron chi connectivity index (χ4n) is 1.08. The van der Waals surface area contributed by atoms with Crippen LogP contribution in [-0.2, 0) is 6.18 Å². The van der Waals surface area contributed by atoms with E-state index in [1.807, 2.05) is 0 Å². The van der Waals surface area contributed by atoms with Gasteiger partial charge in [-0.2, -0.15) is 13.2 Å². The van der Waals surface area contributed by atoms with Crippen LogP contribution in [0, 0.1) is 0 Å². The molecule has 0 unspecified atom stereocenters. The van der Waals surface area contributed by atoms with Gasteiger partial charge in [0, 0.05) is 0 Å². The van der Waals surface area contributed by atoms with Crippen LogP contribution < -0.4 is 5.46 Å². The van der Waals surface area contributed by atoms with E-state index in [0.717, 1.165) is 18.2 Å². The third kappa shape index (κ3) is 1.99. The molecule has 0 aliphatic carbocycles. The van der Waals surface area contributed by atoms with Gasteiger partial charge in [0.05, 0.1) is 5.56 Å². The summed E-state index contributed by atoms with van der Waals surface area (Å²) in [6.07, 6.45) is -4.82. The van der Waals surface area contributed by atoms with E-state index in [0.29, 0.717) is 0 Å². The molecule has 0 saturated carbocycles. The lowest BCUT2D eigenvalue weighted by atomic mass is 9.76. The Morgan fingerprint density at radius 2 is 1.71 bits per heavy atom. The molecule has 0 radical (unpaired) electrons. The normalized spacial score (nSPS) is 11.5. The highest BCUT2D eigenvalue weighted by atomic mass is 19.4. The van der Waals surface area contributed by atoms with Crippen LogP contribution >= 0.6 is 0 Å². The molecule has 0 aliphatic rings. The smallest absolute Gasteiger partial charge is 0.489 e. The van der Waals surface area contributed by atoms with Crippen LogP contribution in [0.1, 0.15) is 5.56 Å². The number of phenols is 1. The molecule has 3 N–H and O–H groups in total. The molecule has 0 spiro atoms. The van der Waals surface area contributed by atoms with Gasteiger partial charge < -0.3 is 15.2 Å². The molecule has 1 aromatic rings. The molecule has 1 rings (SSSR count). The van der Waals surface area contributed by atoms with Crippen molar-refractivity contribution in [2.75, 3.05) is 0 Å². The van der Waals surface area contributed by atoms with Gasteiger partial charge in [-0.3, -0.25) is 0 Å². The molecule has 0 atom stereocenters. The van der Waals surface area contributed by atoms with Crippen LogP contribution in [0.5, 0.6) is 5.75 Å². The first-order valence-electron chi connectivity index (χ1n) is 3.59. The molecule has 0 heterocycles. The maximum Gasteiger partial charge on any atom is 0.489 e. The van der Waals surface area contributed by atoms with Crippen molar-refractivity contribution >= 4 is 12.6 Å². The van der Waals surface area contributed by atoms with Gasteiger partial charge in [0.2, 0.25) is 0 Å². The minimum Gasteiger partial charge on any atom is -0.507 e. The van der Waals surface area contributed by atoms with E-state index in [2.05, 4.69) is 0 Å². The number of benzene rings is 1. The summed E-state index contributed by atoms with van der Waals surface area (Å²) in [4.78, 5) is 0. The summed E-state index contributed by atoms with van der Waals surface area (Å²) in [6.45, 7) is 0. The number of alkyl halides is 3. The molecular weight excluding hydrogens is 200 g/mol. The van der Waals surface area contributed by atoms with E-state index in [9.17, 15) is 13.2 Å². The molecular formula is C7H6BF3O3. The Morgan fingerprint density at radius 1 is 1.14 bits per heavy atom. The Morgan fingerprint density at radius 3 is 2.07 bits per heavy atom. The van der Waals surface area contributed by atoms with E-state index >= 15 is 0 Å². The van der Waals surface area contributed by atoms with E-state index in [1.54, 1.807) is 0 Å². The largest absolute Gasteiger partial charge is 0.507 e. The third-order valence-electron chi connectivity index (χ3n) is 1.64. The lowest BCUT2D eigenvalue weighted by Gasteiger charge is -2.13. The predicted octanol–water partition coefficient (Wildman–Crippen LogP) is 0.0908. The molecule has 14 heavy (non-hydrogen) atoms. The van der Waals surface area contributed by atoms with E-state index < -0.39 is 30.1 Å². The van der Waals surface area contributed by atoms with Crippen LogP contribution in [0.4, 0.5) is 13.2 Å². The second kappa shape index (κ2) is 3.51. The maximum atomic E-state index is 12.3. The Hall–Kier alpha value is -1.21. The van der Waals surface area contributed by atoms with Gasteiger partial charge in [-0.15, -0.1) is 0 Å². The summed E-state index contributed by atoms with van der Waals surface area (Å²) >= 11 is 0. The summed E-state index contributed by atoms with van der Waals surface area (Å²) in [5.74, 6) is -1.02. The number of phenolic OH excluding ortho intramolecular Hbond substituents is 1. The Bertz CT molecular complexity index is 337. The molecule has 76 valence electrons. The first-order valence-corrected chi connectivity index (χ1v) is 3.59. The van der Waals surface area contributed by atoms with Crippen molar-refractivity contribution in [2.45, 2.75) is 6.18 Å². The highest BCUT2D eigenvalue weighted by molar-refractivity contribution is 6.59. The second-order valence-electron chi connectivity index (χ2n) is 2.61. The molecule has 3 nitrogen and oxygen atoms in total. The Kier molecular flexibility index (Phi) is 2.72. The first-order chi connectivity index (χ1) is 6.34. The van der Waals surface area contributed by atoms with Crippen molar-refractivity contribution in [3.63, 3.8) is 0 Å². The first kappa shape index (κ1) is 10.9. The standard InChI is InChI=1S/C7H6BF3O3/c9-7(10,11)6-4(8(13)14)2-1-3-5(6)12/h1-3,12-14H. The third-order valence-corrected chi connectivity index (χ3v) is 1.64. The fraction of sp³-hybridized carbons (Fsp3) is 0.143. The van der Waals surface area contributed by atoms with Crippen LogP contribution in [0.25, 0.3) is 0 Å². The van der Waals surface area contributed by atoms with Crippen molar-refractivity contribution in [1.29, 1.82) is 0 Å². The van der Waals surface area contributed by atoms with Crippen LogP contribution in [0.2, 0.25) is 0 Å². The van der Waals surface area contributed by atoms with Gasteiger partial charge in [-0.25, -0.2) is 0 Å². The van der Waals surface area contributed by atoms with Crippen molar-refractivity contribution in [1.82, 2.24) is 0 Å². The van der Waals surface area contributed by atoms with Crippen LogP contribution in [0.15, 0.2) is 18.2 Å². The number of hydrogen-bond donors (Lipinski definition) is 3. The van der Waals surface area contributed by atoms with Crippen molar-refractivity contribution in [3.05, 3.63) is 23.8 Å². The van der Waals surface area contributed by atoms with E-state index in [4.69, 9.17) is 15.2 Å². The molecule has 0 aliphatic heterocycles. The zero-order valence-electron chi connectivity index (χ0n) is 6.78. The maximum absolute atomic E-state index is 12.3.